The molecule has 1 atom stereocenters. The van der Waals surface area contributed by atoms with E-state index in [9.17, 15) is 0 Å². The Morgan fingerprint density at radius 3 is 2.45 bits per heavy atom. The maximum Gasteiger partial charge on any atom is 0.368 e. The van der Waals surface area contributed by atoms with Crippen molar-refractivity contribution in [2.75, 3.05) is 0 Å². The SMILES string of the molecule is CC1C=C([Si](Cl)(Cl)Cl)CCC1. The third-order valence-corrected chi connectivity index (χ3v) is 5.28. The van der Waals surface area contributed by atoms with Crippen LogP contribution in [0.3, 0.4) is 0 Å². The summed E-state index contributed by atoms with van der Waals surface area (Å²) in [4.78, 5) is 0. The lowest BCUT2D eigenvalue weighted by Crippen LogP contribution is -2.18. The number of rotatable bonds is 1. The third kappa shape index (κ3) is 2.98. The van der Waals surface area contributed by atoms with Gasteiger partial charge < -0.3 is 0 Å². The zero-order chi connectivity index (χ0) is 8.48. The molecule has 0 saturated heterocycles. The minimum Gasteiger partial charge on any atom is -0.121 e. The molecule has 11 heavy (non-hydrogen) atoms. The molecule has 0 nitrogen and oxygen atoms in total. The van der Waals surface area contributed by atoms with Crippen LogP contribution in [0.4, 0.5) is 0 Å². The highest BCUT2D eigenvalue weighted by Crippen LogP contribution is 2.36. The summed E-state index contributed by atoms with van der Waals surface area (Å²) in [5.74, 6) is 0.599. The predicted octanol–water partition coefficient (Wildman–Crippen LogP) is 3.93. The summed E-state index contributed by atoms with van der Waals surface area (Å²) in [7, 11) is 0. The van der Waals surface area contributed by atoms with Crippen LogP contribution in [-0.4, -0.2) is 6.00 Å². The molecule has 0 aromatic rings. The quantitative estimate of drug-likeness (QED) is 0.472. The van der Waals surface area contributed by atoms with Crippen LogP contribution in [0.15, 0.2) is 11.3 Å². The van der Waals surface area contributed by atoms with E-state index in [1.807, 2.05) is 0 Å². The average Bonchev–Trinajstić information content (AvgIpc) is 1.86. The molecule has 0 aromatic carbocycles. The first-order valence-corrected chi connectivity index (χ1v) is 8.81. The van der Waals surface area contributed by atoms with Crippen molar-refractivity contribution in [3.63, 3.8) is 0 Å². The van der Waals surface area contributed by atoms with Gasteiger partial charge in [0.2, 0.25) is 0 Å². The van der Waals surface area contributed by atoms with Crippen LogP contribution in [0.1, 0.15) is 26.2 Å². The zero-order valence-electron chi connectivity index (χ0n) is 6.41. The molecule has 0 aliphatic heterocycles. The molecule has 0 aromatic heterocycles. The van der Waals surface area contributed by atoms with Gasteiger partial charge in [-0.15, -0.1) is 33.2 Å². The first kappa shape index (κ1) is 9.91. The number of hydrogen-bond acceptors (Lipinski definition) is 0. The van der Waals surface area contributed by atoms with Crippen molar-refractivity contribution >= 4 is 39.2 Å². The van der Waals surface area contributed by atoms with Crippen molar-refractivity contribution in [1.82, 2.24) is 0 Å². The van der Waals surface area contributed by atoms with E-state index in [0.717, 1.165) is 11.6 Å². The highest BCUT2D eigenvalue weighted by molar-refractivity contribution is 7.67. The first-order chi connectivity index (χ1) is 5.00. The smallest absolute Gasteiger partial charge is 0.121 e. The number of halogens is 3. The van der Waals surface area contributed by atoms with E-state index in [1.54, 1.807) is 0 Å². The van der Waals surface area contributed by atoms with Crippen LogP contribution in [0.2, 0.25) is 0 Å². The van der Waals surface area contributed by atoms with Crippen molar-refractivity contribution in [1.29, 1.82) is 0 Å². The molecule has 0 heterocycles. The molecular weight excluding hydrogens is 219 g/mol. The molecule has 4 heteroatoms. The molecule has 0 radical (unpaired) electrons. The van der Waals surface area contributed by atoms with Gasteiger partial charge in [0.05, 0.1) is 0 Å². The average molecular weight is 230 g/mol. The summed E-state index contributed by atoms with van der Waals surface area (Å²) >= 11 is 17.6. The summed E-state index contributed by atoms with van der Waals surface area (Å²) in [6, 6.07) is -2.52. The Balaban J connectivity index is 2.71. The third-order valence-electron chi connectivity index (χ3n) is 1.96. The monoisotopic (exact) mass is 228 g/mol. The van der Waals surface area contributed by atoms with Crippen LogP contribution in [-0.2, 0) is 0 Å². The van der Waals surface area contributed by atoms with Crippen LogP contribution in [0, 0.1) is 5.92 Å². The summed E-state index contributed by atoms with van der Waals surface area (Å²) in [6.45, 7) is 2.17. The summed E-state index contributed by atoms with van der Waals surface area (Å²) in [5, 5.41) is 1.10. The Hall–Kier alpha value is 0.827. The van der Waals surface area contributed by atoms with E-state index >= 15 is 0 Å². The molecule has 64 valence electrons. The molecule has 0 amide bonds. The molecule has 1 rings (SSSR count). The van der Waals surface area contributed by atoms with Crippen molar-refractivity contribution < 1.29 is 0 Å². The van der Waals surface area contributed by atoms with Crippen molar-refractivity contribution in [2.24, 2.45) is 5.92 Å². The van der Waals surface area contributed by atoms with Crippen molar-refractivity contribution in [3.8, 4) is 0 Å². The minimum atomic E-state index is -2.52. The standard InChI is InChI=1S/C7H11Cl3Si/c1-6-3-2-4-7(5-6)11(8,9)10/h5-6H,2-4H2,1H3. The molecule has 0 saturated carbocycles. The van der Waals surface area contributed by atoms with Gasteiger partial charge in [0.15, 0.2) is 0 Å². The molecule has 1 aliphatic rings. The fourth-order valence-electron chi connectivity index (χ4n) is 1.36. The summed E-state index contributed by atoms with van der Waals surface area (Å²) in [5.41, 5.74) is 0. The lowest BCUT2D eigenvalue weighted by molar-refractivity contribution is 0.578. The highest BCUT2D eigenvalue weighted by Gasteiger charge is 2.32. The van der Waals surface area contributed by atoms with E-state index in [-0.39, 0.29) is 0 Å². The van der Waals surface area contributed by atoms with Crippen LogP contribution in [0.5, 0.6) is 0 Å². The summed E-state index contributed by atoms with van der Waals surface area (Å²) in [6.07, 6.45) is 5.54. The number of allylic oxidation sites excluding steroid dienone is 2. The molecule has 0 fully saturated rings. The van der Waals surface area contributed by atoms with Gasteiger partial charge in [-0.1, -0.05) is 13.0 Å². The molecule has 0 spiro atoms. The Morgan fingerprint density at radius 2 is 2.09 bits per heavy atom. The van der Waals surface area contributed by atoms with Gasteiger partial charge in [0.25, 0.3) is 0 Å². The van der Waals surface area contributed by atoms with E-state index in [4.69, 9.17) is 33.2 Å². The van der Waals surface area contributed by atoms with Gasteiger partial charge >= 0.3 is 6.00 Å². The molecule has 0 bridgehead atoms. The van der Waals surface area contributed by atoms with E-state index in [0.29, 0.717) is 5.92 Å². The zero-order valence-corrected chi connectivity index (χ0v) is 9.68. The van der Waals surface area contributed by atoms with Gasteiger partial charge in [-0.25, -0.2) is 0 Å². The second-order valence-electron chi connectivity index (χ2n) is 3.06. The highest BCUT2D eigenvalue weighted by atomic mass is 35.8. The van der Waals surface area contributed by atoms with E-state index < -0.39 is 6.00 Å². The number of hydrogen-bond donors (Lipinski definition) is 0. The van der Waals surface area contributed by atoms with Crippen LogP contribution in [0.25, 0.3) is 0 Å². The normalized spacial score (nSPS) is 26.5. The second-order valence-corrected chi connectivity index (χ2v) is 11.5. The van der Waals surface area contributed by atoms with Gasteiger partial charge in [-0.05, 0) is 30.4 Å². The maximum atomic E-state index is 5.88. The largest absolute Gasteiger partial charge is 0.368 e. The minimum absolute atomic E-state index is 0.599. The van der Waals surface area contributed by atoms with Gasteiger partial charge in [-0.2, -0.15) is 0 Å². The Morgan fingerprint density at radius 1 is 1.45 bits per heavy atom. The van der Waals surface area contributed by atoms with Gasteiger partial charge in [-0.3, -0.25) is 0 Å². The van der Waals surface area contributed by atoms with Crippen LogP contribution >= 0.6 is 33.2 Å². The second kappa shape index (κ2) is 3.69. The van der Waals surface area contributed by atoms with Crippen molar-refractivity contribution in [3.05, 3.63) is 11.3 Å². The van der Waals surface area contributed by atoms with E-state index in [2.05, 4.69) is 13.0 Å². The predicted molar refractivity (Wildman–Crippen MR) is 54.4 cm³/mol. The summed E-state index contributed by atoms with van der Waals surface area (Å²) < 4.78 is 0. The molecule has 1 unspecified atom stereocenters. The molecule has 0 N–H and O–H groups in total. The Labute approximate surface area is 82.6 Å². The Kier molecular flexibility index (Phi) is 3.33. The molecular formula is C7H11Cl3Si. The molecule has 1 aliphatic carbocycles. The first-order valence-electron chi connectivity index (χ1n) is 3.78. The fraction of sp³-hybridized carbons (Fsp3) is 0.714. The van der Waals surface area contributed by atoms with Gasteiger partial charge in [0.1, 0.15) is 0 Å². The van der Waals surface area contributed by atoms with Gasteiger partial charge in [0, 0.05) is 0 Å². The van der Waals surface area contributed by atoms with E-state index in [1.165, 1.54) is 12.8 Å². The lowest BCUT2D eigenvalue weighted by atomic mass is 9.98. The van der Waals surface area contributed by atoms with Crippen LogP contribution < -0.4 is 0 Å². The lowest BCUT2D eigenvalue weighted by Gasteiger charge is -2.21. The fourth-order valence-corrected chi connectivity index (χ4v) is 3.71. The van der Waals surface area contributed by atoms with Crippen molar-refractivity contribution in [2.45, 2.75) is 26.2 Å². The topological polar surface area (TPSA) is 0 Å². The Bertz CT molecular complexity index is 171. The maximum absolute atomic E-state index is 5.88.